The molecular weight excluding hydrogens is 480 g/mol. The zero-order valence-electron chi connectivity index (χ0n) is 18.1. The van der Waals surface area contributed by atoms with Crippen LogP contribution in [-0.2, 0) is 16.2 Å². The van der Waals surface area contributed by atoms with Gasteiger partial charge in [0.15, 0.2) is 4.87 Å². The van der Waals surface area contributed by atoms with Crippen molar-refractivity contribution in [1.82, 2.24) is 4.90 Å². The lowest BCUT2D eigenvalue weighted by molar-refractivity contribution is -0.123. The van der Waals surface area contributed by atoms with E-state index in [1.165, 1.54) is 27.6 Å². The highest BCUT2D eigenvalue weighted by Crippen LogP contribution is 2.54. The van der Waals surface area contributed by atoms with E-state index in [0.29, 0.717) is 34.3 Å². The molecule has 2 aliphatic heterocycles. The van der Waals surface area contributed by atoms with E-state index in [-0.39, 0.29) is 18.0 Å². The van der Waals surface area contributed by atoms with Crippen LogP contribution in [0.1, 0.15) is 16.7 Å². The Balaban J connectivity index is 1.50. The Morgan fingerprint density at radius 3 is 2.71 bits per heavy atom. The first-order chi connectivity index (χ1) is 16.3. The van der Waals surface area contributed by atoms with Crippen molar-refractivity contribution in [3.8, 4) is 0 Å². The van der Waals surface area contributed by atoms with Crippen molar-refractivity contribution in [2.75, 3.05) is 22.5 Å². The second-order valence-electron chi connectivity index (χ2n) is 8.18. The first kappa shape index (κ1) is 22.7. The van der Waals surface area contributed by atoms with Crippen LogP contribution in [0.5, 0.6) is 0 Å². The summed E-state index contributed by atoms with van der Waals surface area (Å²) in [6.45, 7) is 2.15. The van der Waals surface area contributed by atoms with E-state index in [1.54, 1.807) is 30.3 Å². The Bertz CT molecular complexity index is 1320. The first-order valence-corrected chi connectivity index (χ1v) is 12.0. The van der Waals surface area contributed by atoms with Crippen LogP contribution < -0.4 is 10.2 Å². The van der Waals surface area contributed by atoms with E-state index in [4.69, 9.17) is 11.6 Å². The quantitative estimate of drug-likeness (QED) is 0.487. The van der Waals surface area contributed by atoms with Gasteiger partial charge < -0.3 is 10.2 Å². The number of benzene rings is 3. The lowest BCUT2D eigenvalue weighted by Gasteiger charge is -2.33. The van der Waals surface area contributed by atoms with Gasteiger partial charge >= 0.3 is 6.03 Å². The average molecular weight is 500 g/mol. The van der Waals surface area contributed by atoms with E-state index in [9.17, 15) is 18.4 Å². The van der Waals surface area contributed by atoms with Crippen LogP contribution in [0.15, 0.2) is 60.7 Å². The molecule has 174 valence electrons. The molecule has 3 amide bonds. The van der Waals surface area contributed by atoms with Crippen LogP contribution in [-0.4, -0.2) is 29.1 Å². The van der Waals surface area contributed by atoms with Crippen LogP contribution in [0.25, 0.3) is 0 Å². The van der Waals surface area contributed by atoms with Crippen molar-refractivity contribution in [2.45, 2.75) is 18.3 Å². The molecule has 2 aliphatic rings. The number of hydrogen-bond acceptors (Lipinski definition) is 3. The third-order valence-corrected chi connectivity index (χ3v) is 7.94. The fourth-order valence-corrected chi connectivity index (χ4v) is 6.05. The van der Waals surface area contributed by atoms with E-state index in [0.717, 1.165) is 17.7 Å². The molecule has 2 heterocycles. The molecule has 1 unspecified atom stereocenters. The Hall–Kier alpha value is -3.10. The maximum atomic E-state index is 14.4. The molecular formula is C25H20ClF2N3O2S. The molecule has 3 aromatic carbocycles. The van der Waals surface area contributed by atoms with Crippen LogP contribution in [0.4, 0.5) is 25.0 Å². The van der Waals surface area contributed by atoms with E-state index in [1.807, 2.05) is 19.1 Å². The van der Waals surface area contributed by atoms with E-state index < -0.39 is 22.5 Å². The van der Waals surface area contributed by atoms with Gasteiger partial charge in [0.1, 0.15) is 11.6 Å². The smallest absolute Gasteiger partial charge is 0.308 e. The van der Waals surface area contributed by atoms with Gasteiger partial charge in [0.05, 0.1) is 12.2 Å². The van der Waals surface area contributed by atoms with Crippen molar-refractivity contribution in [3.63, 3.8) is 0 Å². The monoisotopic (exact) mass is 499 g/mol. The van der Waals surface area contributed by atoms with Gasteiger partial charge in [-0.15, -0.1) is 11.8 Å². The molecule has 0 aromatic heterocycles. The van der Waals surface area contributed by atoms with Crippen LogP contribution in [0.2, 0.25) is 5.02 Å². The maximum Gasteiger partial charge on any atom is 0.323 e. The van der Waals surface area contributed by atoms with Gasteiger partial charge in [-0.2, -0.15) is 0 Å². The number of aryl methyl sites for hydroxylation is 1. The fourth-order valence-electron chi connectivity index (χ4n) is 4.41. The maximum absolute atomic E-state index is 14.4. The molecule has 0 aliphatic carbocycles. The summed E-state index contributed by atoms with van der Waals surface area (Å²) in [4.78, 5) is 29.0. The molecule has 1 spiro atoms. The molecule has 1 fully saturated rings. The van der Waals surface area contributed by atoms with Crippen LogP contribution in [0, 0.1) is 18.6 Å². The predicted molar refractivity (Wildman–Crippen MR) is 130 cm³/mol. The highest BCUT2D eigenvalue weighted by molar-refractivity contribution is 8.01. The normalized spacial score (nSPS) is 19.1. The number of hydrogen-bond donors (Lipinski definition) is 1. The number of fused-ring (bicyclic) bond motifs is 2. The van der Waals surface area contributed by atoms with Gasteiger partial charge in [0.2, 0.25) is 0 Å². The average Bonchev–Trinajstić information content (AvgIpc) is 3.35. The second kappa shape index (κ2) is 8.60. The number of urea groups is 1. The molecule has 5 rings (SSSR count). The summed E-state index contributed by atoms with van der Waals surface area (Å²) >= 11 is 7.57. The molecule has 9 heteroatoms. The number of para-hydroxylation sites is 1. The predicted octanol–water partition coefficient (Wildman–Crippen LogP) is 5.91. The zero-order chi connectivity index (χ0) is 24.0. The van der Waals surface area contributed by atoms with Crippen molar-refractivity contribution >= 4 is 46.7 Å². The molecule has 0 radical (unpaired) electrons. The summed E-state index contributed by atoms with van der Waals surface area (Å²) in [6, 6.07) is 15.3. The van der Waals surface area contributed by atoms with Gasteiger partial charge in [-0.1, -0.05) is 41.9 Å². The Labute approximate surface area is 204 Å². The van der Waals surface area contributed by atoms with Crippen molar-refractivity contribution < 1.29 is 18.4 Å². The topological polar surface area (TPSA) is 52.7 Å². The summed E-state index contributed by atoms with van der Waals surface area (Å²) in [7, 11) is 0. The Morgan fingerprint density at radius 2 is 1.94 bits per heavy atom. The fraction of sp³-hybridized carbons (Fsp3) is 0.200. The highest BCUT2D eigenvalue weighted by Gasteiger charge is 2.59. The molecule has 1 N–H and O–H groups in total. The summed E-state index contributed by atoms with van der Waals surface area (Å²) in [5.74, 6) is -1.19. The van der Waals surface area contributed by atoms with Gasteiger partial charge in [-0.3, -0.25) is 9.69 Å². The minimum absolute atomic E-state index is 0.0761. The SMILES string of the molecule is Cc1ccc(NC(=O)N2CCSC23C(=O)N(Cc2ccc(F)cc2F)c2ccccc23)cc1Cl. The number of carbonyl (C=O) groups excluding carboxylic acids is 2. The minimum Gasteiger partial charge on any atom is -0.308 e. The molecule has 1 atom stereocenters. The van der Waals surface area contributed by atoms with Crippen molar-refractivity contribution in [1.29, 1.82) is 0 Å². The second-order valence-corrected chi connectivity index (χ2v) is 9.88. The van der Waals surface area contributed by atoms with Gasteiger partial charge in [-0.25, -0.2) is 13.6 Å². The number of carbonyl (C=O) groups is 2. The van der Waals surface area contributed by atoms with Crippen LogP contribution in [0.3, 0.4) is 0 Å². The lowest BCUT2D eigenvalue weighted by Crippen LogP contribution is -2.51. The number of anilines is 2. The van der Waals surface area contributed by atoms with Gasteiger partial charge in [0, 0.05) is 40.2 Å². The zero-order valence-corrected chi connectivity index (χ0v) is 19.7. The Kier molecular flexibility index (Phi) is 5.73. The molecule has 1 saturated heterocycles. The standard InChI is InChI=1S/C25H20ClF2N3O2S/c1-15-6-9-18(13-20(15)26)29-24(33)31-10-11-34-25(31)19-4-2-3-5-22(19)30(23(25)32)14-16-7-8-17(27)12-21(16)28/h2-9,12-13H,10-11,14H2,1H3,(H,29,33). The molecule has 3 aromatic rings. The molecule has 0 bridgehead atoms. The molecule has 34 heavy (non-hydrogen) atoms. The van der Waals surface area contributed by atoms with Crippen LogP contribution >= 0.6 is 23.4 Å². The van der Waals surface area contributed by atoms with Gasteiger partial charge in [-0.05, 0) is 36.8 Å². The largest absolute Gasteiger partial charge is 0.323 e. The summed E-state index contributed by atoms with van der Waals surface area (Å²) < 4.78 is 27.8. The number of rotatable bonds is 3. The number of nitrogens with one attached hydrogen (secondary N) is 1. The summed E-state index contributed by atoms with van der Waals surface area (Å²) in [6.07, 6.45) is 0. The van der Waals surface area contributed by atoms with Gasteiger partial charge in [0.25, 0.3) is 5.91 Å². The highest BCUT2D eigenvalue weighted by atomic mass is 35.5. The molecule has 5 nitrogen and oxygen atoms in total. The number of nitrogens with zero attached hydrogens (tertiary/aromatic N) is 2. The van der Waals surface area contributed by atoms with E-state index in [2.05, 4.69) is 5.32 Å². The third-order valence-electron chi connectivity index (χ3n) is 6.11. The summed E-state index contributed by atoms with van der Waals surface area (Å²) in [5.41, 5.74) is 2.87. The number of thioether (sulfide) groups is 1. The van der Waals surface area contributed by atoms with E-state index >= 15 is 0 Å². The Morgan fingerprint density at radius 1 is 1.15 bits per heavy atom. The molecule has 0 saturated carbocycles. The number of amides is 3. The van der Waals surface area contributed by atoms with Crippen molar-refractivity contribution in [2.24, 2.45) is 0 Å². The minimum atomic E-state index is -1.27. The lowest BCUT2D eigenvalue weighted by atomic mass is 10.1. The third kappa shape index (κ3) is 3.61. The van der Waals surface area contributed by atoms with Crippen molar-refractivity contribution in [3.05, 3.63) is 94.0 Å². The number of halogens is 3. The first-order valence-electron chi connectivity index (χ1n) is 10.7. The summed E-state index contributed by atoms with van der Waals surface area (Å²) in [5, 5.41) is 3.38.